The van der Waals surface area contributed by atoms with Gasteiger partial charge in [-0.25, -0.2) is 0 Å². The van der Waals surface area contributed by atoms with Gasteiger partial charge in [0.05, 0.1) is 0 Å². The van der Waals surface area contributed by atoms with Crippen LogP contribution in [0, 0.1) is 5.92 Å². The molecule has 0 atom stereocenters. The van der Waals surface area contributed by atoms with Crippen molar-refractivity contribution in [3.05, 3.63) is 0 Å². The summed E-state index contributed by atoms with van der Waals surface area (Å²) in [5.74, 6) is 1.04. The van der Waals surface area contributed by atoms with E-state index in [1.807, 2.05) is 11.8 Å². The molecule has 1 saturated carbocycles. The second-order valence-corrected chi connectivity index (χ2v) is 4.10. The van der Waals surface area contributed by atoms with Gasteiger partial charge in [-0.15, -0.1) is 0 Å². The minimum atomic E-state index is 0.333. The molecule has 2 nitrogen and oxygen atoms in total. The van der Waals surface area contributed by atoms with Gasteiger partial charge < -0.3 is 4.90 Å². The highest BCUT2D eigenvalue weighted by atomic mass is 79.9. The maximum atomic E-state index is 11.5. The molecule has 1 rings (SSSR count). The predicted octanol–water partition coefficient (Wildman–Crippen LogP) is 2.03. The van der Waals surface area contributed by atoms with E-state index in [0.717, 1.165) is 24.8 Å². The summed E-state index contributed by atoms with van der Waals surface area (Å²) in [5.41, 5.74) is 0. The Morgan fingerprint density at radius 1 is 1.58 bits per heavy atom. The average molecular weight is 234 g/mol. The summed E-state index contributed by atoms with van der Waals surface area (Å²) in [4.78, 5) is 13.4. The predicted molar refractivity (Wildman–Crippen MR) is 53.4 cm³/mol. The number of hydrogen-bond donors (Lipinski definition) is 0. The molecule has 3 heteroatoms. The van der Waals surface area contributed by atoms with Crippen molar-refractivity contribution in [1.29, 1.82) is 0 Å². The molecule has 1 aliphatic rings. The highest BCUT2D eigenvalue weighted by molar-refractivity contribution is 9.09. The Labute approximate surface area is 82.4 Å². The van der Waals surface area contributed by atoms with Crippen LogP contribution in [-0.2, 0) is 4.79 Å². The van der Waals surface area contributed by atoms with Gasteiger partial charge in [-0.3, -0.25) is 4.79 Å². The Morgan fingerprint density at radius 3 is 2.67 bits per heavy atom. The summed E-state index contributed by atoms with van der Waals surface area (Å²) in [6.07, 6.45) is 3.30. The Kier molecular flexibility index (Phi) is 4.06. The summed E-state index contributed by atoms with van der Waals surface area (Å²) in [7, 11) is 0. The molecular formula is C9H16BrNO. The van der Waals surface area contributed by atoms with Crippen LogP contribution in [0.5, 0.6) is 0 Å². The quantitative estimate of drug-likeness (QED) is 0.666. The fraction of sp³-hybridized carbons (Fsp3) is 0.889. The van der Waals surface area contributed by atoms with Crippen LogP contribution < -0.4 is 0 Å². The minimum absolute atomic E-state index is 0.333. The summed E-state index contributed by atoms with van der Waals surface area (Å²) < 4.78 is 0. The van der Waals surface area contributed by atoms with Gasteiger partial charge in [0.15, 0.2) is 0 Å². The second-order valence-electron chi connectivity index (χ2n) is 3.31. The third-order valence-electron chi connectivity index (χ3n) is 2.25. The molecule has 0 radical (unpaired) electrons. The van der Waals surface area contributed by atoms with Gasteiger partial charge >= 0.3 is 0 Å². The number of hydrogen-bond acceptors (Lipinski definition) is 1. The fourth-order valence-electron chi connectivity index (χ4n) is 1.26. The lowest BCUT2D eigenvalue weighted by molar-refractivity contribution is -0.131. The average Bonchev–Trinajstić information content (AvgIpc) is 2.83. The summed E-state index contributed by atoms with van der Waals surface area (Å²) in [5, 5.41) is 0.886. The van der Waals surface area contributed by atoms with Gasteiger partial charge in [-0.2, -0.15) is 0 Å². The van der Waals surface area contributed by atoms with Crippen LogP contribution in [0.1, 0.15) is 26.2 Å². The van der Waals surface area contributed by atoms with Gasteiger partial charge in [-0.1, -0.05) is 15.9 Å². The Morgan fingerprint density at radius 2 is 2.25 bits per heavy atom. The largest absolute Gasteiger partial charge is 0.342 e. The second kappa shape index (κ2) is 4.85. The molecule has 0 bridgehead atoms. The SMILES string of the molecule is CCN(CCBr)C(=O)CC1CC1. The number of alkyl halides is 1. The molecule has 0 spiro atoms. The summed E-state index contributed by atoms with van der Waals surface area (Å²) in [6.45, 7) is 3.73. The third kappa shape index (κ3) is 3.13. The molecule has 0 heterocycles. The maximum absolute atomic E-state index is 11.5. The van der Waals surface area contributed by atoms with Gasteiger partial charge in [0.25, 0.3) is 0 Å². The highest BCUT2D eigenvalue weighted by Gasteiger charge is 2.26. The first-order valence-electron chi connectivity index (χ1n) is 4.61. The third-order valence-corrected chi connectivity index (χ3v) is 2.60. The van der Waals surface area contributed by atoms with Crippen molar-refractivity contribution in [2.45, 2.75) is 26.2 Å². The van der Waals surface area contributed by atoms with E-state index in [1.54, 1.807) is 0 Å². The standard InChI is InChI=1S/C9H16BrNO/c1-2-11(6-5-10)9(12)7-8-3-4-8/h8H,2-7H2,1H3. The van der Waals surface area contributed by atoms with Crippen molar-refractivity contribution in [3.8, 4) is 0 Å². The Bertz CT molecular complexity index is 157. The van der Waals surface area contributed by atoms with Crippen molar-refractivity contribution in [1.82, 2.24) is 4.90 Å². The fourth-order valence-corrected chi connectivity index (χ4v) is 1.69. The van der Waals surface area contributed by atoms with Crippen LogP contribution in [0.15, 0.2) is 0 Å². The Balaban J connectivity index is 2.24. The number of carbonyl (C=O) groups excluding carboxylic acids is 1. The van der Waals surface area contributed by atoms with Crippen molar-refractivity contribution < 1.29 is 4.79 Å². The first-order valence-corrected chi connectivity index (χ1v) is 5.73. The van der Waals surface area contributed by atoms with E-state index in [4.69, 9.17) is 0 Å². The van der Waals surface area contributed by atoms with E-state index in [0.29, 0.717) is 11.8 Å². The lowest BCUT2D eigenvalue weighted by Gasteiger charge is -2.19. The molecule has 1 aliphatic carbocycles. The zero-order chi connectivity index (χ0) is 8.97. The molecule has 12 heavy (non-hydrogen) atoms. The molecule has 0 N–H and O–H groups in total. The van der Waals surface area contributed by atoms with Crippen molar-refractivity contribution in [2.75, 3.05) is 18.4 Å². The topological polar surface area (TPSA) is 20.3 Å². The molecule has 0 unspecified atom stereocenters. The number of carbonyl (C=O) groups is 1. The number of rotatable bonds is 5. The lowest BCUT2D eigenvalue weighted by atomic mass is 10.2. The van der Waals surface area contributed by atoms with Crippen LogP contribution in [0.2, 0.25) is 0 Å². The smallest absolute Gasteiger partial charge is 0.222 e. The minimum Gasteiger partial charge on any atom is -0.342 e. The normalized spacial score (nSPS) is 16.2. The maximum Gasteiger partial charge on any atom is 0.222 e. The lowest BCUT2D eigenvalue weighted by Crippen LogP contribution is -2.32. The van der Waals surface area contributed by atoms with Gasteiger partial charge in [0, 0.05) is 24.8 Å². The Hall–Kier alpha value is -0.0500. The summed E-state index contributed by atoms with van der Waals surface area (Å²) in [6, 6.07) is 0. The van der Waals surface area contributed by atoms with E-state index < -0.39 is 0 Å². The van der Waals surface area contributed by atoms with Crippen molar-refractivity contribution in [3.63, 3.8) is 0 Å². The molecule has 0 aliphatic heterocycles. The molecule has 0 aromatic heterocycles. The molecule has 0 aromatic rings. The van der Waals surface area contributed by atoms with Crippen LogP contribution in [-0.4, -0.2) is 29.2 Å². The van der Waals surface area contributed by atoms with E-state index in [-0.39, 0.29) is 0 Å². The van der Waals surface area contributed by atoms with Gasteiger partial charge in [0.1, 0.15) is 0 Å². The first kappa shape index (κ1) is 10.0. The van der Waals surface area contributed by atoms with Gasteiger partial charge in [0.2, 0.25) is 5.91 Å². The number of amides is 1. The highest BCUT2D eigenvalue weighted by Crippen LogP contribution is 2.32. The molecule has 1 amide bonds. The monoisotopic (exact) mass is 233 g/mol. The first-order chi connectivity index (χ1) is 5.77. The van der Waals surface area contributed by atoms with E-state index in [1.165, 1.54) is 12.8 Å². The molecule has 1 fully saturated rings. The molecule has 70 valence electrons. The van der Waals surface area contributed by atoms with E-state index in [2.05, 4.69) is 15.9 Å². The van der Waals surface area contributed by atoms with Gasteiger partial charge in [-0.05, 0) is 25.7 Å². The number of nitrogens with zero attached hydrogens (tertiary/aromatic N) is 1. The van der Waals surface area contributed by atoms with Crippen molar-refractivity contribution >= 4 is 21.8 Å². The number of halogens is 1. The molecule has 0 aromatic carbocycles. The molecule has 0 saturated heterocycles. The zero-order valence-corrected chi connectivity index (χ0v) is 9.14. The van der Waals surface area contributed by atoms with Crippen LogP contribution in [0.25, 0.3) is 0 Å². The van der Waals surface area contributed by atoms with E-state index >= 15 is 0 Å². The van der Waals surface area contributed by atoms with Crippen molar-refractivity contribution in [2.24, 2.45) is 5.92 Å². The zero-order valence-electron chi connectivity index (χ0n) is 7.55. The van der Waals surface area contributed by atoms with Crippen LogP contribution >= 0.6 is 15.9 Å². The van der Waals surface area contributed by atoms with Crippen LogP contribution in [0.4, 0.5) is 0 Å². The summed E-state index contributed by atoms with van der Waals surface area (Å²) >= 11 is 3.35. The van der Waals surface area contributed by atoms with E-state index in [9.17, 15) is 4.79 Å². The van der Waals surface area contributed by atoms with Crippen LogP contribution in [0.3, 0.4) is 0 Å². The molecular weight excluding hydrogens is 218 g/mol.